The highest BCUT2D eigenvalue weighted by atomic mass is 16.2. The fraction of sp³-hybridized carbons (Fsp3) is 0.810. The number of amides is 1. The van der Waals surface area contributed by atoms with E-state index in [2.05, 4.69) is 15.7 Å². The van der Waals surface area contributed by atoms with E-state index in [1.807, 2.05) is 25.6 Å². The van der Waals surface area contributed by atoms with Gasteiger partial charge in [0.1, 0.15) is 5.82 Å². The molecule has 1 aromatic rings. The molecule has 3 rings (SSSR count). The van der Waals surface area contributed by atoms with Gasteiger partial charge >= 0.3 is 5.69 Å². The zero-order chi connectivity index (χ0) is 21.6. The third kappa shape index (κ3) is 5.05. The summed E-state index contributed by atoms with van der Waals surface area (Å²) in [6, 6.07) is 0. The number of aryl methyl sites for hydroxylation is 2. The molecule has 1 fully saturated rings. The Kier molecular flexibility index (Phi) is 7.55. The molecule has 0 bridgehead atoms. The number of nitrogens with one attached hydrogen (secondary N) is 2. The summed E-state index contributed by atoms with van der Waals surface area (Å²) in [6.07, 6.45) is 7.82. The Hall–Kier alpha value is -2.32. The van der Waals surface area contributed by atoms with Gasteiger partial charge in [-0.15, -0.1) is 0 Å². The predicted octanol–water partition coefficient (Wildman–Crippen LogP) is 0.975. The third-order valence-corrected chi connectivity index (χ3v) is 6.18. The van der Waals surface area contributed by atoms with Crippen molar-refractivity contribution in [2.75, 3.05) is 33.7 Å². The van der Waals surface area contributed by atoms with Gasteiger partial charge in [-0.3, -0.25) is 14.4 Å². The van der Waals surface area contributed by atoms with Crippen LogP contribution in [0.1, 0.15) is 57.7 Å². The maximum atomic E-state index is 12.7. The molecule has 2 N–H and O–H groups in total. The molecule has 0 saturated heterocycles. The normalized spacial score (nSPS) is 18.2. The van der Waals surface area contributed by atoms with Gasteiger partial charge in [-0.25, -0.2) is 9.48 Å². The second-order valence-corrected chi connectivity index (χ2v) is 8.69. The average molecular weight is 420 g/mol. The highest BCUT2D eigenvalue weighted by Crippen LogP contribution is 2.39. The summed E-state index contributed by atoms with van der Waals surface area (Å²) in [6.45, 7) is 5.36. The molecule has 0 radical (unpaired) electrons. The van der Waals surface area contributed by atoms with E-state index in [9.17, 15) is 9.59 Å². The lowest BCUT2D eigenvalue weighted by Gasteiger charge is -2.29. The monoisotopic (exact) mass is 419 g/mol. The van der Waals surface area contributed by atoms with Crippen molar-refractivity contribution in [3.05, 3.63) is 16.3 Å². The summed E-state index contributed by atoms with van der Waals surface area (Å²) in [4.78, 5) is 31.6. The fourth-order valence-corrected chi connectivity index (χ4v) is 4.57. The van der Waals surface area contributed by atoms with Crippen LogP contribution in [0.25, 0.3) is 0 Å². The second kappa shape index (κ2) is 10.1. The number of hydrogen-bond donors (Lipinski definition) is 2. The van der Waals surface area contributed by atoms with E-state index in [1.165, 1.54) is 0 Å². The lowest BCUT2D eigenvalue weighted by atomic mass is 9.85. The van der Waals surface area contributed by atoms with Crippen molar-refractivity contribution >= 4 is 11.9 Å². The first kappa shape index (κ1) is 22.4. The maximum Gasteiger partial charge on any atom is 0.345 e. The highest BCUT2D eigenvalue weighted by Gasteiger charge is 2.42. The van der Waals surface area contributed by atoms with Gasteiger partial charge in [0.05, 0.1) is 12.0 Å². The van der Waals surface area contributed by atoms with Gasteiger partial charge < -0.3 is 15.5 Å². The standard InChI is InChI=1S/C21H37N7O2/c1-4-22-19(24-16-21(11-6-7-12-21)18(29)26(2)3)23-13-9-15-28-20(30)27-14-8-5-10-17(27)25-28/h4-16H2,1-3H3,(H2,22,23,24). The number of nitrogens with zero attached hydrogens (tertiary/aromatic N) is 5. The van der Waals surface area contributed by atoms with Gasteiger partial charge in [0.2, 0.25) is 5.91 Å². The van der Waals surface area contributed by atoms with Gasteiger partial charge in [-0.2, -0.15) is 5.10 Å². The Morgan fingerprint density at radius 3 is 2.63 bits per heavy atom. The van der Waals surface area contributed by atoms with Crippen LogP contribution >= 0.6 is 0 Å². The first-order valence-electron chi connectivity index (χ1n) is 11.4. The number of rotatable bonds is 8. The van der Waals surface area contributed by atoms with E-state index in [0.29, 0.717) is 19.6 Å². The summed E-state index contributed by atoms with van der Waals surface area (Å²) in [5.41, 5.74) is -0.357. The Balaban J connectivity index is 1.55. The molecule has 1 aromatic heterocycles. The predicted molar refractivity (Wildman–Crippen MR) is 118 cm³/mol. The third-order valence-electron chi connectivity index (χ3n) is 6.18. The summed E-state index contributed by atoms with van der Waals surface area (Å²) >= 11 is 0. The van der Waals surface area contributed by atoms with Gasteiger partial charge in [-0.05, 0) is 39.0 Å². The number of carbonyl (C=O) groups excluding carboxylic acids is 1. The van der Waals surface area contributed by atoms with Crippen molar-refractivity contribution in [3.8, 4) is 0 Å². The first-order chi connectivity index (χ1) is 14.5. The van der Waals surface area contributed by atoms with Crippen molar-refractivity contribution in [1.29, 1.82) is 0 Å². The Labute approximate surface area is 178 Å². The van der Waals surface area contributed by atoms with Gasteiger partial charge in [0.15, 0.2) is 5.96 Å². The number of carbonyl (C=O) groups is 1. The summed E-state index contributed by atoms with van der Waals surface area (Å²) in [5, 5.41) is 11.1. The first-order valence-corrected chi connectivity index (χ1v) is 11.4. The van der Waals surface area contributed by atoms with Crippen LogP contribution < -0.4 is 16.3 Å². The van der Waals surface area contributed by atoms with Crippen LogP contribution in [-0.4, -0.2) is 64.8 Å². The minimum atomic E-state index is -0.366. The van der Waals surface area contributed by atoms with Crippen molar-refractivity contribution in [2.24, 2.45) is 10.4 Å². The molecule has 0 unspecified atom stereocenters. The summed E-state index contributed by atoms with van der Waals surface area (Å²) in [7, 11) is 3.65. The van der Waals surface area contributed by atoms with E-state index >= 15 is 0 Å². The number of aromatic nitrogens is 3. The van der Waals surface area contributed by atoms with E-state index in [1.54, 1.807) is 9.58 Å². The SMILES string of the molecule is CCNC(=NCC1(C(=O)N(C)C)CCCC1)NCCCn1nc2n(c1=O)CCCC2. The number of hydrogen-bond acceptors (Lipinski definition) is 4. The van der Waals surface area contributed by atoms with Crippen LogP contribution in [0.2, 0.25) is 0 Å². The van der Waals surface area contributed by atoms with E-state index < -0.39 is 0 Å². The smallest absolute Gasteiger partial charge is 0.345 e. The molecule has 0 atom stereocenters. The van der Waals surface area contributed by atoms with Gasteiger partial charge in [-0.1, -0.05) is 12.8 Å². The zero-order valence-corrected chi connectivity index (χ0v) is 18.7. The molecule has 1 aliphatic heterocycles. The van der Waals surface area contributed by atoms with E-state index in [0.717, 1.165) is 76.2 Å². The van der Waals surface area contributed by atoms with Crippen LogP contribution in [0.5, 0.6) is 0 Å². The van der Waals surface area contributed by atoms with E-state index in [4.69, 9.17) is 4.99 Å². The largest absolute Gasteiger partial charge is 0.357 e. The quantitative estimate of drug-likeness (QED) is 0.372. The van der Waals surface area contributed by atoms with Crippen LogP contribution in [0, 0.1) is 5.41 Å². The molecule has 168 valence electrons. The van der Waals surface area contributed by atoms with E-state index in [-0.39, 0.29) is 17.0 Å². The fourth-order valence-electron chi connectivity index (χ4n) is 4.57. The average Bonchev–Trinajstić information content (AvgIpc) is 3.34. The van der Waals surface area contributed by atoms with Crippen molar-refractivity contribution in [2.45, 2.75) is 71.4 Å². The summed E-state index contributed by atoms with van der Waals surface area (Å²) in [5.74, 6) is 1.83. The van der Waals surface area contributed by atoms with Crippen molar-refractivity contribution in [1.82, 2.24) is 29.9 Å². The van der Waals surface area contributed by atoms with Gasteiger partial charge in [0.25, 0.3) is 0 Å². The molecule has 30 heavy (non-hydrogen) atoms. The molecule has 1 saturated carbocycles. The Morgan fingerprint density at radius 2 is 1.97 bits per heavy atom. The molecule has 9 nitrogen and oxygen atoms in total. The topological polar surface area (TPSA) is 96.6 Å². The van der Waals surface area contributed by atoms with Crippen LogP contribution in [0.3, 0.4) is 0 Å². The Bertz CT molecular complexity index is 803. The number of fused-ring (bicyclic) bond motifs is 1. The number of aliphatic imine (C=N–C) groups is 1. The minimum absolute atomic E-state index is 0.00986. The molecular weight excluding hydrogens is 382 g/mol. The van der Waals surface area contributed by atoms with Crippen molar-refractivity contribution in [3.63, 3.8) is 0 Å². The molecule has 0 aromatic carbocycles. The molecule has 2 aliphatic rings. The highest BCUT2D eigenvalue weighted by molar-refractivity contribution is 5.84. The number of guanidine groups is 1. The second-order valence-electron chi connectivity index (χ2n) is 8.69. The molecule has 1 aliphatic carbocycles. The lowest BCUT2D eigenvalue weighted by molar-refractivity contribution is -0.138. The molecule has 9 heteroatoms. The van der Waals surface area contributed by atoms with Crippen molar-refractivity contribution < 1.29 is 4.79 Å². The Morgan fingerprint density at radius 1 is 1.20 bits per heavy atom. The van der Waals surface area contributed by atoms with Crippen LogP contribution in [0.4, 0.5) is 0 Å². The summed E-state index contributed by atoms with van der Waals surface area (Å²) < 4.78 is 3.40. The minimum Gasteiger partial charge on any atom is -0.357 e. The van der Waals surface area contributed by atoms with Crippen LogP contribution in [0.15, 0.2) is 9.79 Å². The zero-order valence-electron chi connectivity index (χ0n) is 18.7. The lowest BCUT2D eigenvalue weighted by Crippen LogP contribution is -2.43. The maximum absolute atomic E-state index is 12.7. The molecular formula is C21H37N7O2. The molecule has 1 amide bonds. The molecule has 0 spiro atoms. The van der Waals surface area contributed by atoms with Gasteiger partial charge in [0, 0.05) is 46.7 Å². The van der Waals surface area contributed by atoms with Crippen LogP contribution in [-0.2, 0) is 24.3 Å². The molecule has 2 heterocycles.